The van der Waals surface area contributed by atoms with Crippen molar-refractivity contribution in [1.29, 1.82) is 0 Å². The Kier molecular flexibility index (Phi) is 13.2. The highest BCUT2D eigenvalue weighted by Gasteiger charge is 2.34. The van der Waals surface area contributed by atoms with Gasteiger partial charge in [0.1, 0.15) is 45.1 Å². The fourth-order valence-electron chi connectivity index (χ4n) is 8.15. The molecule has 0 bridgehead atoms. The number of aromatic nitrogens is 2. The van der Waals surface area contributed by atoms with Crippen molar-refractivity contribution in [1.82, 2.24) is 19.6 Å². The molecule has 13 heteroatoms. The van der Waals surface area contributed by atoms with Crippen LogP contribution in [0.25, 0.3) is 67.1 Å². The van der Waals surface area contributed by atoms with Crippen molar-refractivity contribution in [2.24, 2.45) is 0 Å². The molecule has 0 fully saturated rings. The average molecular weight is 910 g/mol. The zero-order valence-corrected chi connectivity index (χ0v) is 38.4. The van der Waals surface area contributed by atoms with Crippen LogP contribution in [0, 0.1) is 0 Å². The van der Waals surface area contributed by atoms with Crippen molar-refractivity contribution in [2.75, 3.05) is 13.2 Å². The summed E-state index contributed by atoms with van der Waals surface area (Å²) in [5, 5.41) is 5.46. The number of esters is 2. The molecule has 0 saturated heterocycles. The molecule has 1 N–H and O–H groups in total. The number of furan rings is 2. The molecule has 0 saturated carbocycles. The molecule has 10 rings (SSSR count). The Morgan fingerprint density at radius 2 is 1.12 bits per heavy atom. The molecule has 332 valence electrons. The van der Waals surface area contributed by atoms with Crippen molar-refractivity contribution >= 4 is 57.3 Å². The van der Waals surface area contributed by atoms with E-state index in [1.54, 1.807) is 19.9 Å². The number of hydrogen-bond donors (Lipinski definition) is 1. The van der Waals surface area contributed by atoms with Crippen LogP contribution in [0.5, 0.6) is 0 Å². The predicted octanol–water partition coefficient (Wildman–Crippen LogP) is 11.5. The quantitative estimate of drug-likeness (QED) is 0.139. The van der Waals surface area contributed by atoms with E-state index in [-0.39, 0.29) is 29.5 Å². The molecule has 1 atom stereocenters. The van der Waals surface area contributed by atoms with Gasteiger partial charge >= 0.3 is 11.9 Å². The fraction of sp³-hybridized carbons (Fsp3) is 0.231. The second-order valence-corrected chi connectivity index (χ2v) is 18.9. The lowest BCUT2D eigenvalue weighted by Crippen LogP contribution is -2.34. The molecule has 4 aromatic carbocycles. The number of fused-ring (bicyclic) bond motifs is 4. The second kappa shape index (κ2) is 19.0. The minimum atomic E-state index is -1.19. The molecule has 0 aliphatic carbocycles. The highest BCUT2D eigenvalue weighted by atomic mass is 35.5. The first-order valence-electron chi connectivity index (χ1n) is 21.4. The van der Waals surface area contributed by atoms with Gasteiger partial charge in [0.2, 0.25) is 0 Å². The van der Waals surface area contributed by atoms with Gasteiger partial charge in [0.25, 0.3) is 0 Å². The fourth-order valence-corrected chi connectivity index (χ4v) is 9.43. The van der Waals surface area contributed by atoms with Gasteiger partial charge in [-0.25, -0.2) is 28.1 Å². The number of halogens is 1. The molecule has 0 spiro atoms. The molecule has 8 aromatic rings. The van der Waals surface area contributed by atoms with Crippen molar-refractivity contribution in [3.8, 4) is 45.2 Å². The van der Waals surface area contributed by atoms with Crippen molar-refractivity contribution < 1.29 is 32.1 Å². The first-order valence-corrected chi connectivity index (χ1v) is 22.5. The molecule has 2 aliphatic heterocycles. The van der Waals surface area contributed by atoms with Crippen LogP contribution in [0.15, 0.2) is 130 Å². The topological polar surface area (TPSA) is 137 Å². The first-order chi connectivity index (χ1) is 31.0. The summed E-state index contributed by atoms with van der Waals surface area (Å²) >= 11 is 0. The number of hydrogen-bond acceptors (Lipinski definition) is 10. The average Bonchev–Trinajstić information content (AvgIpc) is 4.13. The Morgan fingerprint density at radius 3 is 1.63 bits per heavy atom. The Hall–Kier alpha value is -6.44. The smallest absolute Gasteiger partial charge is 0.356 e. The largest absolute Gasteiger partial charge is 0.461 e. The lowest BCUT2D eigenvalue weighted by Gasteiger charge is -2.24. The maximum absolute atomic E-state index is 13.1. The number of para-hydroxylation sites is 2. The predicted molar refractivity (Wildman–Crippen MR) is 257 cm³/mol. The Morgan fingerprint density at radius 1 is 0.631 bits per heavy atom. The maximum atomic E-state index is 13.1. The molecule has 4 aromatic heterocycles. The van der Waals surface area contributed by atoms with Crippen LogP contribution < -0.4 is 5.32 Å². The van der Waals surface area contributed by atoms with Gasteiger partial charge in [-0.3, -0.25) is 0 Å². The van der Waals surface area contributed by atoms with Gasteiger partial charge in [0.05, 0.1) is 29.3 Å². The van der Waals surface area contributed by atoms with E-state index in [0.29, 0.717) is 31.1 Å². The summed E-state index contributed by atoms with van der Waals surface area (Å²) in [6.07, 6.45) is 0. The molecule has 11 nitrogen and oxygen atoms in total. The van der Waals surface area contributed by atoms with E-state index in [2.05, 4.69) is 16.4 Å². The second-order valence-electron chi connectivity index (χ2n) is 16.7. The van der Waals surface area contributed by atoms with Crippen molar-refractivity contribution in [3.05, 3.63) is 155 Å². The minimum Gasteiger partial charge on any atom is -0.461 e. The van der Waals surface area contributed by atoms with Gasteiger partial charge in [-0.15, -0.1) is 12.4 Å². The molecule has 65 heavy (non-hydrogen) atoms. The molecular formula is C52H49ClN4O7S. The van der Waals surface area contributed by atoms with E-state index < -0.39 is 22.9 Å². The van der Waals surface area contributed by atoms with Crippen molar-refractivity contribution in [3.63, 3.8) is 0 Å². The maximum Gasteiger partial charge on any atom is 0.356 e. The molecule has 2 aliphatic rings. The van der Waals surface area contributed by atoms with Crippen LogP contribution in [0.1, 0.15) is 77.8 Å². The van der Waals surface area contributed by atoms with Gasteiger partial charge in [-0.2, -0.15) is 0 Å². The van der Waals surface area contributed by atoms with Crippen LogP contribution in [0.3, 0.4) is 0 Å². The lowest BCUT2D eigenvalue weighted by atomic mass is 9.99. The first kappa shape index (κ1) is 45.1. The summed E-state index contributed by atoms with van der Waals surface area (Å²) in [6.45, 7) is 12.5. The number of ether oxygens (including phenoxy) is 2. The minimum absolute atomic E-state index is 0. The summed E-state index contributed by atoms with van der Waals surface area (Å²) in [5.41, 5.74) is 11.7. The lowest BCUT2D eigenvalue weighted by molar-refractivity contribution is 0.0510. The van der Waals surface area contributed by atoms with E-state index in [0.717, 1.165) is 96.8 Å². The van der Waals surface area contributed by atoms with E-state index >= 15 is 0 Å². The van der Waals surface area contributed by atoms with Gasteiger partial charge in [0, 0.05) is 59.2 Å². The third-order valence-electron chi connectivity index (χ3n) is 11.2. The number of pyridine rings is 2. The van der Waals surface area contributed by atoms with E-state index in [9.17, 15) is 13.8 Å². The van der Waals surface area contributed by atoms with Gasteiger partial charge in [-0.1, -0.05) is 72.8 Å². The summed E-state index contributed by atoms with van der Waals surface area (Å²) in [5.74, 6) is 0.725. The highest BCUT2D eigenvalue weighted by Crippen LogP contribution is 2.38. The zero-order valence-electron chi connectivity index (χ0n) is 36.8. The molecule has 0 radical (unpaired) electrons. The number of benzene rings is 4. The Balaban J connectivity index is 0.000000177. The van der Waals surface area contributed by atoms with Crippen LogP contribution in [-0.2, 0) is 46.6 Å². The van der Waals surface area contributed by atoms with Crippen molar-refractivity contribution in [2.45, 2.75) is 65.5 Å². The van der Waals surface area contributed by atoms with Gasteiger partial charge in [0.15, 0.2) is 0 Å². The van der Waals surface area contributed by atoms with Gasteiger partial charge < -0.3 is 23.6 Å². The number of carbonyl (C=O) groups is 2. The van der Waals surface area contributed by atoms with Crippen LogP contribution in [-0.4, -0.2) is 48.4 Å². The third kappa shape index (κ3) is 9.39. The number of carbonyl (C=O) groups excluding carboxylic acids is 2. The summed E-state index contributed by atoms with van der Waals surface area (Å²) in [6, 6.07) is 39.6. The van der Waals surface area contributed by atoms with Crippen LogP contribution in [0.2, 0.25) is 0 Å². The Bertz CT molecular complexity index is 3030. The summed E-state index contributed by atoms with van der Waals surface area (Å²) < 4.78 is 37.2. The SMILES string of the molecule is CCOC(=O)c1cc2c(c(-c3cccc(-c4cc5ccccc5o4)c3)n1)CN([S@@](=O)C(C)(C)C)C2.CCOC(=O)c1cc2c(c(-c3cccc(-c4cc5ccccc5o4)c3)n1)CNC2.Cl. The zero-order chi connectivity index (χ0) is 44.5. The molecular weight excluding hydrogens is 860 g/mol. The van der Waals surface area contributed by atoms with E-state index in [1.165, 1.54) is 0 Å². The van der Waals surface area contributed by atoms with Crippen LogP contribution >= 0.6 is 12.4 Å². The third-order valence-corrected chi connectivity index (χ3v) is 12.9. The monoisotopic (exact) mass is 908 g/mol. The number of nitrogens with one attached hydrogen (secondary N) is 1. The Labute approximate surface area is 386 Å². The van der Waals surface area contributed by atoms with Crippen LogP contribution in [0.4, 0.5) is 0 Å². The molecule has 0 unspecified atom stereocenters. The highest BCUT2D eigenvalue weighted by molar-refractivity contribution is 7.84. The molecule has 6 heterocycles. The number of nitrogens with zero attached hydrogens (tertiary/aromatic N) is 3. The number of rotatable bonds is 9. The summed E-state index contributed by atoms with van der Waals surface area (Å²) in [4.78, 5) is 34.3. The molecule has 0 amide bonds. The normalized spacial score (nSPS) is 13.7. The summed E-state index contributed by atoms with van der Waals surface area (Å²) in [7, 11) is -1.19. The van der Waals surface area contributed by atoms with E-state index in [4.69, 9.17) is 23.3 Å². The standard InChI is InChI=1S/C28H28N2O4S.C24H20N2O3.ClH/c1-5-33-27(31)23-14-21-16-30(35(32)28(2,3)4)17-22(21)26(29-23)20-11-8-10-18(13-20)25-15-19-9-6-7-12-24(19)34-25;1-2-28-24(27)20-11-18-13-25-14-19(18)23(26-20)17-8-5-7-15(10-17)22-12-16-6-3-4-9-21(16)29-22;/h6-15H,5,16-17H2,1-4H3;3-12,25H,2,13-14H2,1H3;1H/t35-;;/m0../s1. The van der Waals surface area contributed by atoms with Gasteiger partial charge in [-0.05, 0) is 105 Å². The van der Waals surface area contributed by atoms with E-state index in [1.807, 2.05) is 134 Å².